The maximum absolute atomic E-state index is 5.73. The fraction of sp³-hybridized carbons (Fsp3) is 0.625. The molecule has 0 aliphatic heterocycles. The van der Waals surface area contributed by atoms with Gasteiger partial charge >= 0.3 is 0 Å². The third kappa shape index (κ3) is 6.95. The molecule has 0 aromatic heterocycles. The lowest BCUT2D eigenvalue weighted by atomic mass is 10.0. The second-order valence-electron chi connectivity index (χ2n) is 5.56. The second kappa shape index (κ2) is 8.47. The topological polar surface area (TPSA) is 9.23 Å². The van der Waals surface area contributed by atoms with E-state index in [1.54, 1.807) is 0 Å². The Labute approximate surface area is 116 Å². The van der Waals surface area contributed by atoms with Crippen LogP contribution in [0.3, 0.4) is 0 Å². The van der Waals surface area contributed by atoms with Crippen LogP contribution in [0, 0.1) is 11.8 Å². The molecule has 0 spiro atoms. The first-order chi connectivity index (χ1) is 8.58. The Morgan fingerprint density at radius 1 is 1.00 bits per heavy atom. The number of rotatable bonds is 8. The Hall–Kier alpha value is -0.630. The predicted octanol–water partition coefficient (Wildman–Crippen LogP) is 4.65. The van der Waals surface area contributed by atoms with E-state index in [-0.39, 0.29) is 0 Å². The van der Waals surface area contributed by atoms with E-state index >= 15 is 0 Å². The first kappa shape index (κ1) is 15.4. The van der Waals surface area contributed by atoms with E-state index in [4.69, 9.17) is 4.74 Å². The van der Waals surface area contributed by atoms with Crippen LogP contribution in [0.5, 0.6) is 5.75 Å². The van der Waals surface area contributed by atoms with Gasteiger partial charge in [-0.25, -0.2) is 0 Å². The molecule has 0 amide bonds. The molecular weight excluding hydrogens is 240 g/mol. The van der Waals surface area contributed by atoms with Gasteiger partial charge in [-0.05, 0) is 41.7 Å². The molecule has 0 heterocycles. The molecule has 0 saturated carbocycles. The molecule has 0 atom stereocenters. The number of ether oxygens (including phenoxy) is 1. The molecule has 1 nitrogen and oxygen atoms in total. The Balaban J connectivity index is 2.22. The van der Waals surface area contributed by atoms with Crippen molar-refractivity contribution in [3.8, 4) is 5.75 Å². The van der Waals surface area contributed by atoms with Crippen LogP contribution in [0.15, 0.2) is 24.3 Å². The molecular formula is C16H26OS. The van der Waals surface area contributed by atoms with Crippen molar-refractivity contribution < 1.29 is 4.74 Å². The molecule has 0 aliphatic rings. The maximum Gasteiger partial charge on any atom is 0.119 e. The summed E-state index contributed by atoms with van der Waals surface area (Å²) >= 11 is 1.97. The van der Waals surface area contributed by atoms with Crippen molar-refractivity contribution in [2.45, 2.75) is 34.1 Å². The van der Waals surface area contributed by atoms with Gasteiger partial charge in [0.05, 0.1) is 6.61 Å². The largest absolute Gasteiger partial charge is 0.493 e. The van der Waals surface area contributed by atoms with E-state index in [1.807, 2.05) is 11.8 Å². The van der Waals surface area contributed by atoms with Gasteiger partial charge in [0, 0.05) is 5.75 Å². The summed E-state index contributed by atoms with van der Waals surface area (Å²) in [6.45, 7) is 9.80. The van der Waals surface area contributed by atoms with Gasteiger partial charge in [0.1, 0.15) is 5.75 Å². The Morgan fingerprint density at radius 3 is 2.22 bits per heavy atom. The van der Waals surface area contributed by atoms with Gasteiger partial charge in [-0.1, -0.05) is 39.8 Å². The van der Waals surface area contributed by atoms with Gasteiger partial charge in [-0.3, -0.25) is 0 Å². The zero-order chi connectivity index (χ0) is 13.4. The lowest BCUT2D eigenvalue weighted by Gasteiger charge is -2.09. The predicted molar refractivity (Wildman–Crippen MR) is 82.6 cm³/mol. The normalized spacial score (nSPS) is 11.2. The molecule has 0 bridgehead atoms. The summed E-state index contributed by atoms with van der Waals surface area (Å²) in [5.41, 5.74) is 1.39. The van der Waals surface area contributed by atoms with Gasteiger partial charge < -0.3 is 4.74 Å². The molecule has 0 aliphatic carbocycles. The average Bonchev–Trinajstić information content (AvgIpc) is 2.30. The van der Waals surface area contributed by atoms with Crippen molar-refractivity contribution in [2.75, 3.05) is 18.1 Å². The molecule has 1 aromatic rings. The molecule has 0 saturated heterocycles. The summed E-state index contributed by atoms with van der Waals surface area (Å²) < 4.78 is 5.73. The molecule has 102 valence electrons. The molecule has 0 radical (unpaired) electrons. The van der Waals surface area contributed by atoms with E-state index in [0.29, 0.717) is 5.92 Å². The van der Waals surface area contributed by atoms with Gasteiger partial charge in [-0.15, -0.1) is 0 Å². The van der Waals surface area contributed by atoms with Crippen LogP contribution in [0.2, 0.25) is 0 Å². The van der Waals surface area contributed by atoms with Crippen LogP contribution in [-0.4, -0.2) is 18.1 Å². The molecule has 1 aromatic carbocycles. The highest BCUT2D eigenvalue weighted by Gasteiger charge is 1.99. The van der Waals surface area contributed by atoms with E-state index in [9.17, 15) is 0 Å². The third-order valence-corrected chi connectivity index (χ3v) is 3.87. The van der Waals surface area contributed by atoms with Crippen LogP contribution in [-0.2, 0) is 6.42 Å². The summed E-state index contributed by atoms with van der Waals surface area (Å²) in [5, 5.41) is 0. The fourth-order valence-electron chi connectivity index (χ4n) is 1.73. The van der Waals surface area contributed by atoms with Crippen molar-refractivity contribution in [1.82, 2.24) is 0 Å². The van der Waals surface area contributed by atoms with Crippen LogP contribution in [0.4, 0.5) is 0 Å². The zero-order valence-corrected chi connectivity index (χ0v) is 12.9. The van der Waals surface area contributed by atoms with E-state index in [1.165, 1.54) is 11.3 Å². The standard InChI is InChI=1S/C16H26OS/c1-13(2)11-15-5-7-16(8-6-15)17-9-10-18-12-14(3)4/h5-8,13-14H,9-12H2,1-4H3. The average molecular weight is 266 g/mol. The van der Waals surface area contributed by atoms with Gasteiger partial charge in [0.15, 0.2) is 0 Å². The van der Waals surface area contributed by atoms with E-state index in [2.05, 4.69) is 52.0 Å². The summed E-state index contributed by atoms with van der Waals surface area (Å²) in [6, 6.07) is 8.53. The molecule has 1 rings (SSSR count). The Morgan fingerprint density at radius 2 is 1.67 bits per heavy atom. The number of hydrogen-bond donors (Lipinski definition) is 0. The first-order valence-corrected chi connectivity index (χ1v) is 8.03. The summed E-state index contributed by atoms with van der Waals surface area (Å²) in [6.07, 6.45) is 1.14. The molecule has 0 fully saturated rings. The van der Waals surface area contributed by atoms with Crippen molar-refractivity contribution in [2.24, 2.45) is 11.8 Å². The van der Waals surface area contributed by atoms with Crippen molar-refractivity contribution in [3.63, 3.8) is 0 Å². The number of benzene rings is 1. The second-order valence-corrected chi connectivity index (χ2v) is 6.71. The third-order valence-electron chi connectivity index (χ3n) is 2.51. The summed E-state index contributed by atoms with van der Waals surface area (Å²) in [7, 11) is 0. The van der Waals surface area contributed by atoms with Gasteiger partial charge in [-0.2, -0.15) is 11.8 Å². The fourth-order valence-corrected chi connectivity index (χ4v) is 2.57. The van der Waals surface area contributed by atoms with Crippen LogP contribution in [0.25, 0.3) is 0 Å². The lowest BCUT2D eigenvalue weighted by molar-refractivity contribution is 0.343. The highest BCUT2D eigenvalue weighted by molar-refractivity contribution is 7.99. The maximum atomic E-state index is 5.73. The molecule has 0 N–H and O–H groups in total. The molecule has 0 unspecified atom stereocenters. The van der Waals surface area contributed by atoms with Crippen LogP contribution in [0.1, 0.15) is 33.3 Å². The Bertz CT molecular complexity index is 316. The SMILES string of the molecule is CC(C)CSCCOc1ccc(CC(C)C)cc1. The zero-order valence-electron chi connectivity index (χ0n) is 12.1. The number of hydrogen-bond acceptors (Lipinski definition) is 2. The van der Waals surface area contributed by atoms with E-state index in [0.717, 1.165) is 30.4 Å². The minimum absolute atomic E-state index is 0.712. The van der Waals surface area contributed by atoms with Gasteiger partial charge in [0.25, 0.3) is 0 Å². The summed E-state index contributed by atoms with van der Waals surface area (Å²) in [4.78, 5) is 0. The van der Waals surface area contributed by atoms with Crippen molar-refractivity contribution in [1.29, 1.82) is 0 Å². The molecule has 2 heteroatoms. The first-order valence-electron chi connectivity index (χ1n) is 6.87. The summed E-state index contributed by atoms with van der Waals surface area (Å²) in [5.74, 6) is 4.77. The quantitative estimate of drug-likeness (QED) is 0.633. The minimum Gasteiger partial charge on any atom is -0.493 e. The smallest absolute Gasteiger partial charge is 0.119 e. The van der Waals surface area contributed by atoms with Crippen molar-refractivity contribution >= 4 is 11.8 Å². The van der Waals surface area contributed by atoms with Crippen molar-refractivity contribution in [3.05, 3.63) is 29.8 Å². The van der Waals surface area contributed by atoms with E-state index < -0.39 is 0 Å². The Kier molecular flexibility index (Phi) is 7.26. The van der Waals surface area contributed by atoms with Crippen LogP contribution >= 0.6 is 11.8 Å². The lowest BCUT2D eigenvalue weighted by Crippen LogP contribution is -2.02. The monoisotopic (exact) mass is 266 g/mol. The molecule has 18 heavy (non-hydrogen) atoms. The van der Waals surface area contributed by atoms with Crippen LogP contribution < -0.4 is 4.74 Å². The highest BCUT2D eigenvalue weighted by atomic mass is 32.2. The highest BCUT2D eigenvalue weighted by Crippen LogP contribution is 2.15. The van der Waals surface area contributed by atoms with Gasteiger partial charge in [0.2, 0.25) is 0 Å². The number of thioether (sulfide) groups is 1. The minimum atomic E-state index is 0.712.